The van der Waals surface area contributed by atoms with Gasteiger partial charge in [0.25, 0.3) is 0 Å². The molecule has 1 aliphatic heterocycles. The van der Waals surface area contributed by atoms with Gasteiger partial charge in [-0.15, -0.1) is 0 Å². The maximum absolute atomic E-state index is 6.19. The van der Waals surface area contributed by atoms with Gasteiger partial charge in [0.05, 0.1) is 20.3 Å². The largest absolute Gasteiger partial charge is 0.496 e. The summed E-state index contributed by atoms with van der Waals surface area (Å²) >= 11 is 0. The van der Waals surface area contributed by atoms with E-state index in [1.807, 2.05) is 12.1 Å². The smallest absolute Gasteiger partial charge is 0.122 e. The molecule has 4 nitrogen and oxygen atoms in total. The topological polar surface area (TPSA) is 47.7 Å². The predicted molar refractivity (Wildman–Crippen MR) is 85.7 cm³/mol. The summed E-state index contributed by atoms with van der Waals surface area (Å²) in [6.07, 6.45) is 0.965. The Morgan fingerprint density at radius 2 is 2.19 bits per heavy atom. The molecule has 1 fully saturated rings. The van der Waals surface area contributed by atoms with Gasteiger partial charge >= 0.3 is 0 Å². The lowest BCUT2D eigenvalue weighted by Crippen LogP contribution is -2.48. The summed E-state index contributed by atoms with van der Waals surface area (Å²) in [6.45, 7) is 6.84. The fraction of sp³-hybridized carbons (Fsp3) is 0.647. The van der Waals surface area contributed by atoms with Crippen LogP contribution < -0.4 is 10.5 Å². The minimum absolute atomic E-state index is 0.0454. The summed E-state index contributed by atoms with van der Waals surface area (Å²) in [7, 11) is 3.89. The highest BCUT2D eigenvalue weighted by Crippen LogP contribution is 2.29. The molecule has 3 unspecified atom stereocenters. The van der Waals surface area contributed by atoms with Crippen molar-refractivity contribution in [2.24, 2.45) is 11.1 Å². The molecule has 0 bridgehead atoms. The first-order chi connectivity index (χ1) is 9.96. The van der Waals surface area contributed by atoms with E-state index in [9.17, 15) is 0 Å². The second-order valence-corrected chi connectivity index (χ2v) is 6.56. The van der Waals surface area contributed by atoms with Crippen LogP contribution in [0.25, 0.3) is 0 Å². The van der Waals surface area contributed by atoms with E-state index in [4.69, 9.17) is 15.2 Å². The number of nitrogens with zero attached hydrogens (tertiary/aromatic N) is 1. The van der Waals surface area contributed by atoms with Crippen molar-refractivity contribution >= 4 is 0 Å². The number of hydrogen-bond acceptors (Lipinski definition) is 4. The Hall–Kier alpha value is -1.10. The number of rotatable bonds is 6. The van der Waals surface area contributed by atoms with E-state index >= 15 is 0 Å². The molecule has 118 valence electrons. The Morgan fingerprint density at radius 3 is 2.81 bits per heavy atom. The van der Waals surface area contributed by atoms with Crippen molar-refractivity contribution in [3.8, 4) is 5.75 Å². The molecule has 4 heteroatoms. The Kier molecular flexibility index (Phi) is 5.25. The van der Waals surface area contributed by atoms with Crippen LogP contribution in [0.4, 0.5) is 0 Å². The van der Waals surface area contributed by atoms with Gasteiger partial charge in [0, 0.05) is 24.0 Å². The van der Waals surface area contributed by atoms with Crippen LogP contribution in [0.2, 0.25) is 0 Å². The minimum Gasteiger partial charge on any atom is -0.496 e. The fourth-order valence-corrected chi connectivity index (χ4v) is 2.96. The van der Waals surface area contributed by atoms with Crippen LogP contribution in [0.15, 0.2) is 24.3 Å². The van der Waals surface area contributed by atoms with Crippen LogP contribution in [0, 0.1) is 5.41 Å². The third-order valence-electron chi connectivity index (χ3n) is 4.70. The quantitative estimate of drug-likeness (QED) is 0.870. The van der Waals surface area contributed by atoms with Crippen molar-refractivity contribution in [1.29, 1.82) is 0 Å². The number of hydrogen-bond donors (Lipinski definition) is 1. The third kappa shape index (κ3) is 3.76. The van der Waals surface area contributed by atoms with E-state index in [1.165, 1.54) is 5.56 Å². The maximum atomic E-state index is 6.19. The standard InChI is InChI=1S/C17H28N2O2/c1-13(9-14-7-5-6-8-15(14)20-4)19(3)11-17(2)12-21-10-16(17)18/h5-8,13,16H,9-12,18H2,1-4H3. The molecule has 0 aromatic heterocycles. The van der Waals surface area contributed by atoms with E-state index in [0.717, 1.165) is 25.3 Å². The van der Waals surface area contributed by atoms with Crippen LogP contribution in [0.1, 0.15) is 19.4 Å². The number of ether oxygens (including phenoxy) is 2. The van der Waals surface area contributed by atoms with Crippen molar-refractivity contribution in [2.45, 2.75) is 32.4 Å². The van der Waals surface area contributed by atoms with Crippen molar-refractivity contribution in [3.05, 3.63) is 29.8 Å². The van der Waals surface area contributed by atoms with Gasteiger partial charge in [-0.2, -0.15) is 0 Å². The highest BCUT2D eigenvalue weighted by atomic mass is 16.5. The Bertz CT molecular complexity index is 466. The monoisotopic (exact) mass is 292 g/mol. The Balaban J connectivity index is 1.98. The molecule has 1 saturated heterocycles. The van der Waals surface area contributed by atoms with Gasteiger partial charge < -0.3 is 20.1 Å². The zero-order valence-electron chi connectivity index (χ0n) is 13.6. The van der Waals surface area contributed by atoms with Crippen LogP contribution in [-0.4, -0.2) is 50.9 Å². The lowest BCUT2D eigenvalue weighted by atomic mass is 9.85. The molecular formula is C17H28N2O2. The van der Waals surface area contributed by atoms with Gasteiger partial charge in [0.1, 0.15) is 5.75 Å². The Labute approximate surface area is 128 Å². The van der Waals surface area contributed by atoms with Gasteiger partial charge in [-0.1, -0.05) is 25.1 Å². The molecule has 2 N–H and O–H groups in total. The average Bonchev–Trinajstić information content (AvgIpc) is 2.78. The fourth-order valence-electron chi connectivity index (χ4n) is 2.96. The molecule has 1 heterocycles. The van der Waals surface area contributed by atoms with Crippen LogP contribution in [0.5, 0.6) is 5.75 Å². The Morgan fingerprint density at radius 1 is 1.48 bits per heavy atom. The van der Waals surface area contributed by atoms with Gasteiger partial charge in [-0.05, 0) is 32.0 Å². The van der Waals surface area contributed by atoms with Crippen LogP contribution in [0.3, 0.4) is 0 Å². The summed E-state index contributed by atoms with van der Waals surface area (Å²) in [4.78, 5) is 2.38. The molecule has 1 aromatic carbocycles. The highest BCUT2D eigenvalue weighted by molar-refractivity contribution is 5.33. The first-order valence-electron chi connectivity index (χ1n) is 7.62. The third-order valence-corrected chi connectivity index (χ3v) is 4.70. The maximum Gasteiger partial charge on any atom is 0.122 e. The molecule has 1 aromatic rings. The molecular weight excluding hydrogens is 264 g/mol. The first-order valence-corrected chi connectivity index (χ1v) is 7.62. The summed E-state index contributed by atoms with van der Waals surface area (Å²) < 4.78 is 11.0. The van der Waals surface area contributed by atoms with Gasteiger partial charge in [0.2, 0.25) is 0 Å². The van der Waals surface area contributed by atoms with E-state index in [0.29, 0.717) is 12.6 Å². The van der Waals surface area contributed by atoms with E-state index < -0.39 is 0 Å². The second kappa shape index (κ2) is 6.77. The normalized spacial score (nSPS) is 27.0. The molecule has 0 amide bonds. The van der Waals surface area contributed by atoms with Crippen LogP contribution in [-0.2, 0) is 11.2 Å². The van der Waals surface area contributed by atoms with Gasteiger partial charge in [-0.25, -0.2) is 0 Å². The lowest BCUT2D eigenvalue weighted by molar-refractivity contribution is 0.114. The summed E-state index contributed by atoms with van der Waals surface area (Å²) in [6, 6.07) is 8.77. The lowest BCUT2D eigenvalue weighted by Gasteiger charge is -2.35. The zero-order valence-corrected chi connectivity index (χ0v) is 13.6. The van der Waals surface area contributed by atoms with Crippen molar-refractivity contribution in [1.82, 2.24) is 4.90 Å². The number of para-hydroxylation sites is 1. The van der Waals surface area contributed by atoms with Gasteiger partial charge in [0.15, 0.2) is 0 Å². The highest BCUT2D eigenvalue weighted by Gasteiger charge is 2.39. The molecule has 0 aliphatic carbocycles. The van der Waals surface area contributed by atoms with E-state index in [2.05, 4.69) is 37.9 Å². The summed E-state index contributed by atoms with van der Waals surface area (Å²) in [5.41, 5.74) is 7.48. The molecule has 3 atom stereocenters. The molecule has 0 saturated carbocycles. The predicted octanol–water partition coefficient (Wildman–Crippen LogP) is 1.92. The zero-order chi connectivity index (χ0) is 15.5. The number of benzene rings is 1. The molecule has 21 heavy (non-hydrogen) atoms. The summed E-state index contributed by atoms with van der Waals surface area (Å²) in [5.74, 6) is 0.963. The van der Waals surface area contributed by atoms with Crippen LogP contribution >= 0.6 is 0 Å². The minimum atomic E-state index is 0.0454. The molecule has 0 radical (unpaired) electrons. The van der Waals surface area contributed by atoms with Gasteiger partial charge in [-0.3, -0.25) is 0 Å². The van der Waals surface area contributed by atoms with Crippen molar-refractivity contribution in [3.63, 3.8) is 0 Å². The average molecular weight is 292 g/mol. The number of methoxy groups -OCH3 is 1. The summed E-state index contributed by atoms with van der Waals surface area (Å²) in [5, 5.41) is 0. The second-order valence-electron chi connectivity index (χ2n) is 6.56. The van der Waals surface area contributed by atoms with E-state index in [-0.39, 0.29) is 11.5 Å². The molecule has 1 aliphatic rings. The SMILES string of the molecule is COc1ccccc1CC(C)N(C)CC1(C)COCC1N. The van der Waals surface area contributed by atoms with E-state index in [1.54, 1.807) is 7.11 Å². The van der Waals surface area contributed by atoms with Crippen molar-refractivity contribution < 1.29 is 9.47 Å². The van der Waals surface area contributed by atoms with Crippen molar-refractivity contribution in [2.75, 3.05) is 33.9 Å². The first kappa shape index (κ1) is 16.3. The molecule has 0 spiro atoms. The molecule has 2 rings (SSSR count). The number of nitrogens with two attached hydrogens (primary N) is 1. The number of likely N-dealkylation sites (N-methyl/N-ethyl adjacent to an activating group) is 1.